The number of hydrogen-bond donors (Lipinski definition) is 0. The zero-order valence-electron chi connectivity index (χ0n) is 1.12. The van der Waals surface area contributed by atoms with Gasteiger partial charge < -0.3 is 0 Å². The zero-order chi connectivity index (χ0) is 0. The van der Waals surface area contributed by atoms with Crippen molar-refractivity contribution in [1.82, 2.24) is 0 Å². The van der Waals surface area contributed by atoms with Crippen LogP contribution in [0, 0.1) is 0 Å². The molecule has 0 N–H and O–H groups in total. The third-order valence-corrected chi connectivity index (χ3v) is 0. The van der Waals surface area contributed by atoms with Crippen molar-refractivity contribution in [2.45, 2.75) is 0 Å². The van der Waals surface area contributed by atoms with Crippen LogP contribution in [0.25, 0.3) is 0 Å². The molecule has 0 aliphatic heterocycles. The molecule has 0 radical (unpaired) electrons. The fourth-order valence-electron chi connectivity index (χ4n) is 0. The van der Waals surface area contributed by atoms with Crippen molar-refractivity contribution in [2.75, 3.05) is 0 Å². The van der Waals surface area contributed by atoms with E-state index in [1.807, 2.05) is 0 Å². The quantitative estimate of drug-likeness (QED) is 0.383. The van der Waals surface area contributed by atoms with Gasteiger partial charge in [-0.3, -0.25) is 0 Å². The van der Waals surface area contributed by atoms with Crippen LogP contribution in [0.15, 0.2) is 0 Å². The summed E-state index contributed by atoms with van der Waals surface area (Å²) in [6.45, 7) is 0. The summed E-state index contributed by atoms with van der Waals surface area (Å²) in [5.74, 6) is 0. The summed E-state index contributed by atoms with van der Waals surface area (Å²) in [4.78, 5) is 0. The molecule has 0 aliphatic carbocycles. The predicted octanol–water partition coefficient (Wildman–Crippen LogP) is -2.11. The van der Waals surface area contributed by atoms with Crippen LogP contribution >= 0.6 is 0 Å². The minimum absolute atomic E-state index is 0. The van der Waals surface area contributed by atoms with Gasteiger partial charge in [-0.25, -0.2) is 0 Å². The van der Waals surface area contributed by atoms with Gasteiger partial charge in [0.2, 0.25) is 0 Å². The molecular weight excluding hydrogens is 184 g/mol. The van der Waals surface area contributed by atoms with Gasteiger partial charge >= 0.3 is 37.7 Å². The first kappa shape index (κ1) is 28.3. The molecule has 0 nitrogen and oxygen atoms in total. The summed E-state index contributed by atoms with van der Waals surface area (Å²) in [6, 6.07) is 0. The van der Waals surface area contributed by atoms with Crippen molar-refractivity contribution >= 4 is 55.1 Å². The van der Waals surface area contributed by atoms with Crippen molar-refractivity contribution in [2.24, 2.45) is 0 Å². The molecule has 0 aliphatic rings. The molecule has 0 bridgehead atoms. The molecule has 0 aromatic rings. The van der Waals surface area contributed by atoms with Gasteiger partial charge in [0.05, 0.1) is 0 Å². The van der Waals surface area contributed by atoms with Gasteiger partial charge in [0.1, 0.15) is 0 Å². The van der Waals surface area contributed by atoms with E-state index in [2.05, 4.69) is 0 Å². The normalized spacial score (nSPS) is 0. The van der Waals surface area contributed by atoms with Crippen molar-refractivity contribution in [3.05, 3.63) is 0 Å². The fourth-order valence-corrected chi connectivity index (χ4v) is 0. The minimum Gasteiger partial charge on any atom is 0 e. The average molecular weight is 189 g/mol. The van der Waals surface area contributed by atoms with Crippen molar-refractivity contribution in [3.8, 4) is 0 Å². The Bertz CT molecular complexity index is 8.00. The Kier molecular flexibility index (Phi) is 118. The van der Waals surface area contributed by atoms with E-state index in [-0.39, 0.29) is 91.9 Å². The molecule has 0 aromatic carbocycles. The molecule has 18 valence electrons. The van der Waals surface area contributed by atoms with Crippen LogP contribution in [0.2, 0.25) is 0 Å². The maximum Gasteiger partial charge on any atom is 0 e. The molecule has 0 rings (SSSR count). The van der Waals surface area contributed by atoms with Gasteiger partial charge in [-0.15, -0.1) is 0 Å². The Morgan fingerprint density at radius 3 is 1.00 bits per heavy atom. The Hall–Kier alpha value is 2.95. The van der Waals surface area contributed by atoms with Crippen LogP contribution in [-0.2, 0) is 36.8 Å². The van der Waals surface area contributed by atoms with E-state index in [0.717, 1.165) is 0 Å². The van der Waals surface area contributed by atoms with Crippen molar-refractivity contribution < 1.29 is 36.8 Å². The first-order chi connectivity index (χ1) is 0. The zero-order valence-corrected chi connectivity index (χ0v) is 5.36. The molecule has 4 heteroatoms. The molecule has 0 amide bonds. The molecule has 0 spiro atoms. The number of rotatable bonds is 0. The molecule has 0 atom stereocenters. The predicted molar refractivity (Wildman–Crippen MR) is 18.5 cm³/mol. The topological polar surface area (TPSA) is 0 Å². The molecule has 0 fully saturated rings. The van der Waals surface area contributed by atoms with Crippen molar-refractivity contribution in [3.63, 3.8) is 0 Å². The number of hydrogen-bond acceptors (Lipinski definition) is 0. The molecular formula is H5AlCaCrZn. The van der Waals surface area contributed by atoms with E-state index >= 15 is 0 Å². The standard InChI is InChI=1S/Al.Ca.Cr.Zn.5H. The van der Waals surface area contributed by atoms with Gasteiger partial charge in [0.15, 0.2) is 17.4 Å². The van der Waals surface area contributed by atoms with E-state index in [1.54, 1.807) is 0 Å². The minimum atomic E-state index is 0. The Balaban J connectivity index is 0. The van der Waals surface area contributed by atoms with Gasteiger partial charge in [-0.2, -0.15) is 0 Å². The molecule has 4 heavy (non-hydrogen) atoms. The van der Waals surface area contributed by atoms with Crippen molar-refractivity contribution in [1.29, 1.82) is 0 Å². The monoisotopic (exact) mass is 188 g/mol. The fraction of sp³-hybridized carbons (Fsp3) is 0. The molecule has 0 unspecified atom stereocenters. The van der Waals surface area contributed by atoms with Crippen LogP contribution in [-0.4, -0.2) is 55.1 Å². The Morgan fingerprint density at radius 2 is 1.00 bits per heavy atom. The van der Waals surface area contributed by atoms with E-state index in [9.17, 15) is 0 Å². The smallest absolute Gasteiger partial charge is 0 e. The van der Waals surface area contributed by atoms with Crippen LogP contribution in [0.3, 0.4) is 0 Å². The summed E-state index contributed by atoms with van der Waals surface area (Å²) in [5.41, 5.74) is 0. The van der Waals surface area contributed by atoms with E-state index in [4.69, 9.17) is 0 Å². The van der Waals surface area contributed by atoms with E-state index in [0.29, 0.717) is 0 Å². The largest absolute Gasteiger partial charge is 0 e. The summed E-state index contributed by atoms with van der Waals surface area (Å²) < 4.78 is 0. The SMILES string of the molecule is [AlH3].[CaH2].[Cr].[Zn]. The van der Waals surface area contributed by atoms with E-state index in [1.165, 1.54) is 0 Å². The Labute approximate surface area is 90.1 Å². The maximum atomic E-state index is 0. The summed E-state index contributed by atoms with van der Waals surface area (Å²) in [5, 5.41) is 0. The third kappa shape index (κ3) is 8.87. The average Bonchev–Trinajstić information content (AvgIpc) is 0. The molecule has 0 heterocycles. The van der Waals surface area contributed by atoms with Crippen LogP contribution < -0.4 is 0 Å². The second-order valence-electron chi connectivity index (χ2n) is 0. The third-order valence-electron chi connectivity index (χ3n) is 0. The molecule has 0 saturated heterocycles. The van der Waals surface area contributed by atoms with Gasteiger partial charge in [-0.1, -0.05) is 0 Å². The Morgan fingerprint density at radius 1 is 1.00 bits per heavy atom. The van der Waals surface area contributed by atoms with Gasteiger partial charge in [0, 0.05) is 36.8 Å². The first-order valence-electron chi connectivity index (χ1n) is 0. The van der Waals surface area contributed by atoms with Crippen LogP contribution in [0.5, 0.6) is 0 Å². The summed E-state index contributed by atoms with van der Waals surface area (Å²) in [7, 11) is 0. The van der Waals surface area contributed by atoms with Crippen LogP contribution in [0.1, 0.15) is 0 Å². The second kappa shape index (κ2) is 16.8. The first-order valence-corrected chi connectivity index (χ1v) is 0. The van der Waals surface area contributed by atoms with Gasteiger partial charge in [0.25, 0.3) is 0 Å². The molecule has 0 saturated carbocycles. The summed E-state index contributed by atoms with van der Waals surface area (Å²) >= 11 is 0. The van der Waals surface area contributed by atoms with Gasteiger partial charge in [-0.05, 0) is 0 Å². The van der Waals surface area contributed by atoms with E-state index < -0.39 is 0 Å². The summed E-state index contributed by atoms with van der Waals surface area (Å²) in [6.07, 6.45) is 0. The second-order valence-corrected chi connectivity index (χ2v) is 0. The molecule has 0 aromatic heterocycles. The maximum absolute atomic E-state index is 0. The van der Waals surface area contributed by atoms with Crippen LogP contribution in [0.4, 0.5) is 0 Å².